The molecule has 0 aromatic carbocycles. The molecule has 0 bridgehead atoms. The number of hydrogen-bond donors (Lipinski definition) is 0. The standard InChI is InChI=1S/C8H16NO2/c1-9-5-4-8(11-3)7(9)6-10-2/h7-8H,1,4-6H2,2-3H3/q-1/t7-,8+/m1/s1. The van der Waals surface area contributed by atoms with Gasteiger partial charge in [0.05, 0.1) is 12.7 Å². The van der Waals surface area contributed by atoms with Crippen LogP contribution in [0.4, 0.5) is 0 Å². The normalized spacial score (nSPS) is 33.0. The molecule has 11 heavy (non-hydrogen) atoms. The first kappa shape index (κ1) is 8.97. The highest BCUT2D eigenvalue weighted by molar-refractivity contribution is 4.87. The van der Waals surface area contributed by atoms with Crippen LogP contribution in [-0.2, 0) is 9.47 Å². The summed E-state index contributed by atoms with van der Waals surface area (Å²) >= 11 is 0. The highest BCUT2D eigenvalue weighted by atomic mass is 16.5. The van der Waals surface area contributed by atoms with Crippen molar-refractivity contribution < 1.29 is 9.47 Å². The Hall–Kier alpha value is -0.120. The Balaban J connectivity index is 2.42. The molecule has 1 rings (SSSR count). The summed E-state index contributed by atoms with van der Waals surface area (Å²) in [6, 6.07) is 0.338. The van der Waals surface area contributed by atoms with Crippen LogP contribution in [0, 0.1) is 7.05 Å². The van der Waals surface area contributed by atoms with E-state index in [1.165, 1.54) is 0 Å². The molecular formula is C8H16NO2-. The van der Waals surface area contributed by atoms with Crippen LogP contribution in [0.2, 0.25) is 0 Å². The number of nitrogens with zero attached hydrogens (tertiary/aromatic N) is 1. The largest absolute Gasteiger partial charge is 0.453 e. The zero-order valence-corrected chi connectivity index (χ0v) is 7.25. The first-order valence-corrected chi connectivity index (χ1v) is 3.88. The van der Waals surface area contributed by atoms with Crippen LogP contribution in [0.5, 0.6) is 0 Å². The second-order valence-corrected chi connectivity index (χ2v) is 2.90. The van der Waals surface area contributed by atoms with E-state index in [4.69, 9.17) is 9.47 Å². The van der Waals surface area contributed by atoms with Crippen molar-refractivity contribution in [3.05, 3.63) is 7.05 Å². The quantitative estimate of drug-likeness (QED) is 0.559. The van der Waals surface area contributed by atoms with Crippen molar-refractivity contribution in [1.82, 2.24) is 4.90 Å². The molecule has 0 aliphatic carbocycles. The van der Waals surface area contributed by atoms with Crippen LogP contribution >= 0.6 is 0 Å². The van der Waals surface area contributed by atoms with Crippen LogP contribution in [0.25, 0.3) is 0 Å². The number of likely N-dealkylation sites (tertiary alicyclic amines) is 1. The average Bonchev–Trinajstić information content (AvgIpc) is 2.34. The summed E-state index contributed by atoms with van der Waals surface area (Å²) in [6.07, 6.45) is 1.36. The zero-order chi connectivity index (χ0) is 8.27. The molecule has 3 nitrogen and oxygen atoms in total. The summed E-state index contributed by atoms with van der Waals surface area (Å²) in [4.78, 5) is 2.04. The average molecular weight is 158 g/mol. The molecule has 1 aliphatic rings. The van der Waals surface area contributed by atoms with Gasteiger partial charge in [-0.2, -0.15) is 0 Å². The van der Waals surface area contributed by atoms with Gasteiger partial charge in [-0.25, -0.2) is 0 Å². The van der Waals surface area contributed by atoms with Crippen LogP contribution in [0.1, 0.15) is 6.42 Å². The first-order chi connectivity index (χ1) is 5.29. The summed E-state index contributed by atoms with van der Waals surface area (Å²) in [6.45, 7) is 1.72. The highest BCUT2D eigenvalue weighted by Gasteiger charge is 2.27. The molecular weight excluding hydrogens is 142 g/mol. The Labute approximate surface area is 68.3 Å². The Morgan fingerprint density at radius 1 is 1.55 bits per heavy atom. The van der Waals surface area contributed by atoms with Gasteiger partial charge in [0.15, 0.2) is 0 Å². The Bertz CT molecular complexity index is 119. The van der Waals surface area contributed by atoms with E-state index >= 15 is 0 Å². The van der Waals surface area contributed by atoms with Crippen molar-refractivity contribution in [3.8, 4) is 0 Å². The number of hydrogen-bond acceptors (Lipinski definition) is 3. The van der Waals surface area contributed by atoms with Crippen molar-refractivity contribution in [2.75, 3.05) is 27.4 Å². The lowest BCUT2D eigenvalue weighted by atomic mass is 10.2. The van der Waals surface area contributed by atoms with Gasteiger partial charge in [0.25, 0.3) is 0 Å². The lowest BCUT2D eigenvalue weighted by molar-refractivity contribution is 0.0350. The second-order valence-electron chi connectivity index (χ2n) is 2.90. The van der Waals surface area contributed by atoms with Gasteiger partial charge in [-0.1, -0.05) is 0 Å². The number of rotatable bonds is 3. The van der Waals surface area contributed by atoms with Gasteiger partial charge in [0, 0.05) is 20.3 Å². The predicted molar refractivity (Wildman–Crippen MR) is 43.1 cm³/mol. The van der Waals surface area contributed by atoms with E-state index < -0.39 is 0 Å². The van der Waals surface area contributed by atoms with Gasteiger partial charge in [-0.15, -0.1) is 0 Å². The van der Waals surface area contributed by atoms with Crippen molar-refractivity contribution in [1.29, 1.82) is 0 Å². The zero-order valence-electron chi connectivity index (χ0n) is 7.25. The van der Waals surface area contributed by atoms with Crippen molar-refractivity contribution in [3.63, 3.8) is 0 Å². The molecule has 0 aromatic rings. The fourth-order valence-corrected chi connectivity index (χ4v) is 1.54. The third-order valence-corrected chi connectivity index (χ3v) is 2.24. The van der Waals surface area contributed by atoms with Crippen LogP contribution in [-0.4, -0.2) is 44.4 Å². The molecule has 2 atom stereocenters. The highest BCUT2D eigenvalue weighted by Crippen LogP contribution is 2.19. The smallest absolute Gasteiger partial charge is 0.0736 e. The van der Waals surface area contributed by atoms with Crippen molar-refractivity contribution in [2.45, 2.75) is 18.6 Å². The number of ether oxygens (including phenoxy) is 2. The molecule has 0 radical (unpaired) electrons. The Morgan fingerprint density at radius 2 is 2.27 bits per heavy atom. The maximum Gasteiger partial charge on any atom is 0.0736 e. The maximum atomic E-state index is 5.29. The van der Waals surface area contributed by atoms with Crippen molar-refractivity contribution >= 4 is 0 Å². The molecule has 0 spiro atoms. The second kappa shape index (κ2) is 4.04. The van der Waals surface area contributed by atoms with E-state index in [-0.39, 0.29) is 0 Å². The van der Waals surface area contributed by atoms with E-state index in [1.54, 1.807) is 14.2 Å². The fraction of sp³-hybridized carbons (Fsp3) is 0.875. The summed E-state index contributed by atoms with van der Waals surface area (Å²) in [5, 5.41) is 0. The molecule has 0 N–H and O–H groups in total. The molecule has 0 aromatic heterocycles. The SMILES string of the molecule is [CH2-]N1CC[C@H](OC)[C@H]1COC. The molecule has 1 saturated heterocycles. The lowest BCUT2D eigenvalue weighted by Gasteiger charge is -2.29. The molecule has 3 heteroatoms. The monoisotopic (exact) mass is 158 g/mol. The summed E-state index contributed by atoms with van der Waals surface area (Å²) in [7, 11) is 7.36. The topological polar surface area (TPSA) is 21.7 Å². The van der Waals surface area contributed by atoms with Crippen molar-refractivity contribution in [2.24, 2.45) is 0 Å². The van der Waals surface area contributed by atoms with E-state index in [0.717, 1.165) is 13.0 Å². The van der Waals surface area contributed by atoms with Gasteiger partial charge >= 0.3 is 0 Å². The number of methoxy groups -OCH3 is 2. The molecule has 1 heterocycles. The molecule has 0 amide bonds. The van der Waals surface area contributed by atoms with E-state index in [9.17, 15) is 0 Å². The fourth-order valence-electron chi connectivity index (χ4n) is 1.54. The summed E-state index contributed by atoms with van der Waals surface area (Å²) < 4.78 is 10.4. The molecule has 1 aliphatic heterocycles. The Kier molecular flexibility index (Phi) is 3.30. The van der Waals surface area contributed by atoms with Gasteiger partial charge in [0.1, 0.15) is 0 Å². The summed E-state index contributed by atoms with van der Waals surface area (Å²) in [5.74, 6) is 0. The maximum absolute atomic E-state index is 5.29. The molecule has 0 unspecified atom stereocenters. The third-order valence-electron chi connectivity index (χ3n) is 2.24. The third kappa shape index (κ3) is 1.92. The minimum Gasteiger partial charge on any atom is -0.453 e. The van der Waals surface area contributed by atoms with Gasteiger partial charge in [-0.05, 0) is 13.0 Å². The molecule has 0 saturated carbocycles. The van der Waals surface area contributed by atoms with Gasteiger partial charge < -0.3 is 14.4 Å². The van der Waals surface area contributed by atoms with E-state index in [2.05, 4.69) is 7.05 Å². The van der Waals surface area contributed by atoms with Crippen LogP contribution in [0.15, 0.2) is 0 Å². The summed E-state index contributed by atoms with van der Waals surface area (Å²) in [5.41, 5.74) is 0. The minimum atomic E-state index is 0.299. The van der Waals surface area contributed by atoms with E-state index in [1.807, 2.05) is 4.90 Å². The van der Waals surface area contributed by atoms with E-state index in [0.29, 0.717) is 18.8 Å². The predicted octanol–water partition coefficient (Wildman–Crippen LogP) is 0.514. The molecule has 66 valence electrons. The van der Waals surface area contributed by atoms with Crippen LogP contribution in [0.3, 0.4) is 0 Å². The lowest BCUT2D eigenvalue weighted by Crippen LogP contribution is -2.35. The van der Waals surface area contributed by atoms with Crippen LogP contribution < -0.4 is 0 Å². The first-order valence-electron chi connectivity index (χ1n) is 3.88. The molecule has 1 fully saturated rings. The van der Waals surface area contributed by atoms with Gasteiger partial charge in [0.2, 0.25) is 0 Å². The Morgan fingerprint density at radius 3 is 2.82 bits per heavy atom. The van der Waals surface area contributed by atoms with Gasteiger partial charge in [-0.3, -0.25) is 7.05 Å². The minimum absolute atomic E-state index is 0.299.